The topological polar surface area (TPSA) is 9.23 Å². The lowest BCUT2D eigenvalue weighted by Crippen LogP contribution is -2.05. The molecule has 2 rings (SSSR count). The first-order chi connectivity index (χ1) is 9.55. The molecule has 0 spiro atoms. The highest BCUT2D eigenvalue weighted by Crippen LogP contribution is 2.29. The normalized spacial score (nSPS) is 11.3. The smallest absolute Gasteiger partial charge is 0.416 e. The van der Waals surface area contributed by atoms with Crippen LogP contribution in [0.5, 0.6) is 5.75 Å². The lowest BCUT2D eigenvalue weighted by molar-refractivity contribution is -0.137. The van der Waals surface area contributed by atoms with E-state index in [1.165, 1.54) is 12.1 Å². The molecule has 106 valence electrons. The van der Waals surface area contributed by atoms with E-state index in [1.807, 2.05) is 30.3 Å². The third-order valence-corrected chi connectivity index (χ3v) is 2.90. The molecule has 0 bridgehead atoms. The Bertz CT molecular complexity index is 518. The van der Waals surface area contributed by atoms with Crippen molar-refractivity contribution in [1.29, 1.82) is 0 Å². The van der Waals surface area contributed by atoms with Crippen LogP contribution in [-0.4, -0.2) is 6.61 Å². The van der Waals surface area contributed by atoms with Crippen LogP contribution in [0.15, 0.2) is 54.6 Å². The first-order valence-corrected chi connectivity index (χ1v) is 6.40. The number of ether oxygens (including phenoxy) is 1. The van der Waals surface area contributed by atoms with Crippen molar-refractivity contribution in [1.82, 2.24) is 0 Å². The Labute approximate surface area is 116 Å². The van der Waals surface area contributed by atoms with E-state index in [1.54, 1.807) is 0 Å². The van der Waals surface area contributed by atoms with Crippen molar-refractivity contribution >= 4 is 0 Å². The molecule has 0 aliphatic rings. The maximum atomic E-state index is 12.4. The van der Waals surface area contributed by atoms with E-state index < -0.39 is 11.7 Å². The van der Waals surface area contributed by atoms with Gasteiger partial charge in [0, 0.05) is 0 Å². The Morgan fingerprint density at radius 2 is 1.50 bits per heavy atom. The highest BCUT2D eigenvalue weighted by atomic mass is 19.4. The second-order valence-electron chi connectivity index (χ2n) is 4.46. The quantitative estimate of drug-likeness (QED) is 0.720. The summed E-state index contributed by atoms with van der Waals surface area (Å²) < 4.78 is 42.7. The fraction of sp³-hybridized carbons (Fsp3) is 0.250. The average molecular weight is 280 g/mol. The summed E-state index contributed by atoms with van der Waals surface area (Å²) in [5, 5.41) is 0. The van der Waals surface area contributed by atoms with Gasteiger partial charge < -0.3 is 4.74 Å². The van der Waals surface area contributed by atoms with Gasteiger partial charge in [0.2, 0.25) is 0 Å². The molecule has 4 heteroatoms. The van der Waals surface area contributed by atoms with Gasteiger partial charge in [0.1, 0.15) is 5.75 Å². The number of rotatable bonds is 5. The monoisotopic (exact) mass is 280 g/mol. The SMILES string of the molecule is FC(F)(F)c1ccc(CCCOc2ccccc2)cc1. The first-order valence-electron chi connectivity index (χ1n) is 6.40. The van der Waals surface area contributed by atoms with Crippen LogP contribution in [0, 0.1) is 0 Å². The number of alkyl halides is 3. The molecular weight excluding hydrogens is 265 g/mol. The number of hydrogen-bond acceptors (Lipinski definition) is 1. The van der Waals surface area contributed by atoms with Gasteiger partial charge in [0.15, 0.2) is 0 Å². The Hall–Kier alpha value is -1.97. The van der Waals surface area contributed by atoms with E-state index in [4.69, 9.17) is 4.74 Å². The zero-order valence-electron chi connectivity index (χ0n) is 10.9. The predicted molar refractivity (Wildman–Crippen MR) is 71.7 cm³/mol. The molecule has 0 aliphatic carbocycles. The molecule has 0 aromatic heterocycles. The zero-order valence-corrected chi connectivity index (χ0v) is 10.9. The van der Waals surface area contributed by atoms with Crippen molar-refractivity contribution in [2.45, 2.75) is 19.0 Å². The van der Waals surface area contributed by atoms with Crippen LogP contribution < -0.4 is 4.74 Å². The summed E-state index contributed by atoms with van der Waals surface area (Å²) >= 11 is 0. The summed E-state index contributed by atoms with van der Waals surface area (Å²) in [7, 11) is 0. The van der Waals surface area contributed by atoms with Crippen molar-refractivity contribution < 1.29 is 17.9 Å². The number of aryl methyl sites for hydroxylation is 1. The van der Waals surface area contributed by atoms with Crippen LogP contribution >= 0.6 is 0 Å². The maximum Gasteiger partial charge on any atom is 0.416 e. The molecule has 0 N–H and O–H groups in total. The minimum atomic E-state index is -4.27. The molecule has 0 fully saturated rings. The number of benzene rings is 2. The molecular formula is C16H15F3O. The minimum absolute atomic E-state index is 0.547. The Kier molecular flexibility index (Phi) is 4.66. The van der Waals surface area contributed by atoms with Gasteiger partial charge >= 0.3 is 6.18 Å². The predicted octanol–water partition coefficient (Wildman–Crippen LogP) is 4.72. The van der Waals surface area contributed by atoms with Crippen molar-refractivity contribution in [2.24, 2.45) is 0 Å². The third kappa shape index (κ3) is 4.30. The molecule has 0 unspecified atom stereocenters. The summed E-state index contributed by atoms with van der Waals surface area (Å²) in [5.74, 6) is 0.805. The molecule has 2 aromatic rings. The lowest BCUT2D eigenvalue weighted by Gasteiger charge is -2.08. The zero-order chi connectivity index (χ0) is 14.4. The van der Waals surface area contributed by atoms with Crippen LogP contribution in [0.1, 0.15) is 17.5 Å². The largest absolute Gasteiger partial charge is 0.494 e. The van der Waals surface area contributed by atoms with Crippen LogP contribution in [0.4, 0.5) is 13.2 Å². The molecule has 0 saturated carbocycles. The van der Waals surface area contributed by atoms with Gasteiger partial charge in [-0.15, -0.1) is 0 Å². The van der Waals surface area contributed by atoms with Crippen molar-refractivity contribution in [3.8, 4) is 5.75 Å². The third-order valence-electron chi connectivity index (χ3n) is 2.90. The lowest BCUT2D eigenvalue weighted by atomic mass is 10.1. The Morgan fingerprint density at radius 3 is 2.10 bits per heavy atom. The van der Waals surface area contributed by atoms with Gasteiger partial charge in [0.05, 0.1) is 12.2 Å². The fourth-order valence-electron chi connectivity index (χ4n) is 1.84. The van der Waals surface area contributed by atoms with Crippen molar-refractivity contribution in [3.05, 3.63) is 65.7 Å². The molecule has 0 radical (unpaired) electrons. The highest BCUT2D eigenvalue weighted by molar-refractivity contribution is 5.24. The number of hydrogen-bond donors (Lipinski definition) is 0. The maximum absolute atomic E-state index is 12.4. The van der Waals surface area contributed by atoms with Gasteiger partial charge in [-0.05, 0) is 42.7 Å². The summed E-state index contributed by atoms with van der Waals surface area (Å²) in [6.45, 7) is 0.547. The second-order valence-corrected chi connectivity index (χ2v) is 4.46. The first kappa shape index (κ1) is 14.4. The van der Waals surface area contributed by atoms with E-state index in [2.05, 4.69) is 0 Å². The summed E-state index contributed by atoms with van der Waals surface area (Å²) in [6, 6.07) is 14.7. The van der Waals surface area contributed by atoms with E-state index in [0.717, 1.165) is 29.9 Å². The molecule has 1 nitrogen and oxygen atoms in total. The average Bonchev–Trinajstić information content (AvgIpc) is 2.44. The summed E-state index contributed by atoms with van der Waals surface area (Å²) in [5.41, 5.74) is 0.274. The van der Waals surface area contributed by atoms with Gasteiger partial charge in [-0.25, -0.2) is 0 Å². The second kappa shape index (κ2) is 6.46. The van der Waals surface area contributed by atoms with Crippen molar-refractivity contribution in [3.63, 3.8) is 0 Å². The van der Waals surface area contributed by atoms with Crippen LogP contribution in [-0.2, 0) is 12.6 Å². The van der Waals surface area contributed by atoms with E-state index in [-0.39, 0.29) is 0 Å². The summed E-state index contributed by atoms with van der Waals surface area (Å²) in [6.07, 6.45) is -2.81. The molecule has 0 aliphatic heterocycles. The van der Waals surface area contributed by atoms with E-state index >= 15 is 0 Å². The van der Waals surface area contributed by atoms with Gasteiger partial charge in [-0.3, -0.25) is 0 Å². The Morgan fingerprint density at radius 1 is 0.850 bits per heavy atom. The molecule has 0 amide bonds. The molecule has 0 heterocycles. The van der Waals surface area contributed by atoms with E-state index in [0.29, 0.717) is 13.0 Å². The molecule has 0 saturated heterocycles. The molecule has 2 aromatic carbocycles. The van der Waals surface area contributed by atoms with Crippen LogP contribution in [0.25, 0.3) is 0 Å². The minimum Gasteiger partial charge on any atom is -0.494 e. The standard InChI is InChI=1S/C16H15F3O/c17-16(18,19)14-10-8-13(9-11-14)5-4-12-20-15-6-2-1-3-7-15/h1-3,6-11H,4-5,12H2. The molecule has 0 atom stereocenters. The van der Waals surface area contributed by atoms with E-state index in [9.17, 15) is 13.2 Å². The summed E-state index contributed by atoms with van der Waals surface area (Å²) in [4.78, 5) is 0. The highest BCUT2D eigenvalue weighted by Gasteiger charge is 2.29. The number of para-hydroxylation sites is 1. The van der Waals surface area contributed by atoms with Crippen molar-refractivity contribution in [2.75, 3.05) is 6.61 Å². The van der Waals surface area contributed by atoms with Gasteiger partial charge in [0.25, 0.3) is 0 Å². The van der Waals surface area contributed by atoms with Gasteiger partial charge in [-0.1, -0.05) is 30.3 Å². The Balaban J connectivity index is 1.77. The van der Waals surface area contributed by atoms with Crippen LogP contribution in [0.2, 0.25) is 0 Å². The molecule has 20 heavy (non-hydrogen) atoms. The fourth-order valence-corrected chi connectivity index (χ4v) is 1.84. The number of halogens is 3. The van der Waals surface area contributed by atoms with Gasteiger partial charge in [-0.2, -0.15) is 13.2 Å². The van der Waals surface area contributed by atoms with Crippen LogP contribution in [0.3, 0.4) is 0 Å².